The van der Waals surface area contributed by atoms with Crippen LogP contribution in [0.1, 0.15) is 55.6 Å². The first-order valence-corrected chi connectivity index (χ1v) is 28.1. The fraction of sp³-hybridized carbons (Fsp3) is 0.169. The molecule has 107 heavy (non-hydrogen) atoms. The molecule has 42 heteroatoms. The number of benzene rings is 6. The van der Waals surface area contributed by atoms with Gasteiger partial charge in [-0.05, 0) is 53.9 Å². The van der Waals surface area contributed by atoms with Crippen LogP contribution in [-0.2, 0) is 81.9 Å². The van der Waals surface area contributed by atoms with Gasteiger partial charge in [-0.15, -0.1) is 35.4 Å². The number of nitrogens with zero attached hydrogens (tertiary/aromatic N) is 4. The Hall–Kier alpha value is -9.89. The van der Waals surface area contributed by atoms with Crippen molar-refractivity contribution < 1.29 is 174 Å². The molecule has 0 aliphatic rings. The summed E-state index contributed by atoms with van der Waals surface area (Å²) in [5, 5.41) is 6.68. The first-order chi connectivity index (χ1) is 48.4. The summed E-state index contributed by atoms with van der Waals surface area (Å²) >= 11 is 0. The van der Waals surface area contributed by atoms with Gasteiger partial charge in [-0.2, -0.15) is 159 Å². The van der Waals surface area contributed by atoms with Crippen molar-refractivity contribution in [1.29, 1.82) is 0 Å². The molecule has 1 N–H and O–H groups in total. The van der Waals surface area contributed by atoms with Gasteiger partial charge in [0.2, 0.25) is 0 Å². The summed E-state index contributed by atoms with van der Waals surface area (Å²) in [6, 6.07) is 7.92. The summed E-state index contributed by atoms with van der Waals surface area (Å²) in [7, 11) is 1.62. The van der Waals surface area contributed by atoms with Crippen molar-refractivity contribution >= 4 is 28.0 Å². The Morgan fingerprint density at radius 1 is 0.308 bits per heavy atom. The number of aromatic amines is 1. The molecular formula is C65H31BF34IrN5O. The van der Waals surface area contributed by atoms with Crippen molar-refractivity contribution in [2.45, 2.75) is 61.8 Å². The van der Waals surface area contributed by atoms with Gasteiger partial charge in [0.25, 0.3) is 0 Å². The van der Waals surface area contributed by atoms with E-state index in [-0.39, 0.29) is 42.6 Å². The van der Waals surface area contributed by atoms with Crippen molar-refractivity contribution in [3.8, 4) is 39.7 Å². The predicted molar refractivity (Wildman–Crippen MR) is 305 cm³/mol. The number of methoxy groups -OCH3 is 1. The molecule has 0 saturated heterocycles. The van der Waals surface area contributed by atoms with E-state index in [0.29, 0.717) is 24.5 Å². The van der Waals surface area contributed by atoms with Gasteiger partial charge in [0.05, 0.1) is 80.3 Å². The Morgan fingerprint density at radius 3 is 0.766 bits per heavy atom. The second kappa shape index (κ2) is 31.5. The molecule has 6 aromatic carbocycles. The topological polar surface area (TPSA) is 76.6 Å². The molecule has 0 aliphatic heterocycles. The third-order valence-electron chi connectivity index (χ3n) is 14.5. The molecule has 0 bridgehead atoms. The van der Waals surface area contributed by atoms with Crippen molar-refractivity contribution in [3.63, 3.8) is 0 Å². The van der Waals surface area contributed by atoms with E-state index < -0.39 is 241 Å². The Labute approximate surface area is 589 Å². The van der Waals surface area contributed by atoms with Crippen LogP contribution in [0.2, 0.25) is 0 Å². The first-order valence-electron chi connectivity index (χ1n) is 28.1. The molecule has 4 aromatic heterocycles. The van der Waals surface area contributed by atoms with Crippen molar-refractivity contribution in [1.82, 2.24) is 25.1 Å². The van der Waals surface area contributed by atoms with E-state index in [2.05, 4.69) is 37.3 Å². The van der Waals surface area contributed by atoms with Crippen LogP contribution in [0.15, 0.2) is 164 Å². The monoisotopic (exact) mass is 1750 g/mol. The van der Waals surface area contributed by atoms with E-state index in [1.54, 1.807) is 19.5 Å². The molecule has 0 amide bonds. The number of H-pyrrole nitrogens is 1. The number of pyridine rings is 3. The first kappa shape index (κ1) is 86.0. The van der Waals surface area contributed by atoms with E-state index in [0.717, 1.165) is 53.5 Å². The maximum Gasteiger partial charge on any atom is 3.00 e. The fourth-order valence-corrected chi connectivity index (χ4v) is 9.85. The molecule has 4 heterocycles. The molecule has 10 aromatic rings. The van der Waals surface area contributed by atoms with Gasteiger partial charge in [-0.3, -0.25) is 10.1 Å². The number of hydrogen-bond acceptors (Lipinski definition) is 5. The second-order valence-electron chi connectivity index (χ2n) is 21.8. The van der Waals surface area contributed by atoms with Gasteiger partial charge in [0.1, 0.15) is 11.9 Å². The van der Waals surface area contributed by atoms with E-state index in [9.17, 15) is 149 Å². The van der Waals surface area contributed by atoms with Gasteiger partial charge >= 0.3 is 81.9 Å². The molecule has 572 valence electrons. The summed E-state index contributed by atoms with van der Waals surface area (Å²) in [5.74, 6) is -2.81. The third-order valence-corrected chi connectivity index (χ3v) is 14.5. The smallest absolute Gasteiger partial charge is 0.495 e. The van der Waals surface area contributed by atoms with Crippen LogP contribution >= 0.6 is 0 Å². The van der Waals surface area contributed by atoms with E-state index in [1.807, 2.05) is 18.2 Å². The SMILES string of the molecule is COc1ccc(-c2ccn[nH]2)nc1.FC(F)(F)c1cc([B-](c2cc(C(F)(F)F)cc(C(F)(F)F)c2)(c2cc(C(F)(F)F)cc(C(F)(F)F)c2)c2cc(C(F)(F)F)cc(C(F)(F)F)c2)cc(C(F)(F)F)c1.Fc1[c-]c(-c2ccc(C(F)(F)F)cn2)cc(F)c1.Fc1[c-]c(-c2ccc(C(F)(F)F)cn2)cc(F)c1.[Ir+3]. The number of rotatable bonds is 8. The van der Waals surface area contributed by atoms with Gasteiger partial charge in [-0.25, -0.2) is 17.6 Å². The number of nitrogens with one attached hydrogen (secondary N) is 1. The minimum absolute atomic E-state index is 0. The van der Waals surface area contributed by atoms with Crippen LogP contribution in [0.25, 0.3) is 33.9 Å². The average molecular weight is 1750 g/mol. The Kier molecular flexibility index (Phi) is 25.3. The number of alkyl halides is 30. The zero-order valence-electron chi connectivity index (χ0n) is 51.5. The number of aromatic nitrogens is 5. The van der Waals surface area contributed by atoms with Crippen molar-refractivity contribution in [2.24, 2.45) is 0 Å². The Morgan fingerprint density at radius 2 is 0.570 bits per heavy atom. The van der Waals surface area contributed by atoms with Gasteiger partial charge < -0.3 is 14.7 Å². The molecule has 10 rings (SSSR count). The summed E-state index contributed by atoms with van der Waals surface area (Å²) < 4.78 is 471. The minimum atomic E-state index is -6.13. The average Bonchev–Trinajstić information content (AvgIpc) is 0.814. The van der Waals surface area contributed by atoms with Crippen LogP contribution in [0.4, 0.5) is 149 Å². The van der Waals surface area contributed by atoms with Crippen LogP contribution in [0.3, 0.4) is 0 Å². The van der Waals surface area contributed by atoms with Crippen LogP contribution in [0.5, 0.6) is 5.75 Å². The van der Waals surface area contributed by atoms with Crippen LogP contribution < -0.4 is 26.6 Å². The van der Waals surface area contributed by atoms with Gasteiger partial charge in [-0.1, -0.05) is 84.9 Å². The summed E-state index contributed by atoms with van der Waals surface area (Å²) in [6.45, 7) is 0. The minimum Gasteiger partial charge on any atom is -0.495 e. The molecule has 0 saturated carbocycles. The van der Waals surface area contributed by atoms with Crippen LogP contribution in [-0.4, -0.2) is 38.4 Å². The Bertz CT molecular complexity index is 4110. The number of halogens is 34. The molecule has 0 spiro atoms. The summed E-state index contributed by atoms with van der Waals surface area (Å²) in [4.78, 5) is 11.2. The van der Waals surface area contributed by atoms with Gasteiger partial charge in [0, 0.05) is 41.9 Å². The summed E-state index contributed by atoms with van der Waals surface area (Å²) in [5.41, 5.74) is -30.3. The molecule has 0 atom stereocenters. The Balaban J connectivity index is 0.000000284. The van der Waals surface area contributed by atoms with Crippen molar-refractivity contribution in [3.05, 3.63) is 255 Å². The van der Waals surface area contributed by atoms with Gasteiger partial charge in [0.15, 0.2) is 0 Å². The zero-order valence-corrected chi connectivity index (χ0v) is 53.9. The predicted octanol–water partition coefficient (Wildman–Crippen LogP) is 20.4. The largest absolute Gasteiger partial charge is 3.00 e. The third kappa shape index (κ3) is 21.9. The molecule has 0 unspecified atom stereocenters. The maximum absolute atomic E-state index is 14.2. The number of ether oxygens (including phenoxy) is 1. The second-order valence-corrected chi connectivity index (χ2v) is 21.8. The molecular weight excluding hydrogens is 1720 g/mol. The van der Waals surface area contributed by atoms with E-state index in [1.165, 1.54) is 0 Å². The number of hydrogen-bond donors (Lipinski definition) is 1. The molecule has 0 fully saturated rings. The normalized spacial score (nSPS) is 12.7. The molecule has 0 radical (unpaired) electrons. The van der Waals surface area contributed by atoms with E-state index >= 15 is 0 Å². The van der Waals surface area contributed by atoms with Crippen LogP contribution in [0, 0.1) is 35.4 Å². The fourth-order valence-electron chi connectivity index (χ4n) is 9.85. The zero-order chi connectivity index (χ0) is 79.7. The summed E-state index contributed by atoms with van der Waals surface area (Å²) in [6.07, 6.45) is -59.2. The molecule has 6 nitrogen and oxygen atoms in total. The maximum atomic E-state index is 14.2. The van der Waals surface area contributed by atoms with E-state index in [4.69, 9.17) is 4.74 Å². The standard InChI is InChI=1S/C32H12BF24.2C12H5F5N.C9H9N3O.Ir/c34-25(35,36)13-1-14(26(37,38)39)6-21(5-13)33(22-7-15(27(40,41)42)2-16(8-22)28(43,44)45,23-9-17(29(46,47)48)3-18(10-23)30(49,50)51)24-11-19(31(52,53)54)4-20(12-24)32(55,56)57;2*13-9-3-7(4-10(14)5-9)11-2-1-8(6-18-11)12(15,16)17;1-13-7-2-3-8(10-6-7)9-4-5-11-12-9;/h1-12H;2*1-3,5-6H;2-6H,1H3,(H,11,12);/q3*-1;;+3. The quantitative estimate of drug-likeness (QED) is 0.0932. The molecule has 0 aliphatic carbocycles. The van der Waals surface area contributed by atoms with Crippen molar-refractivity contribution in [2.75, 3.05) is 7.11 Å².